The number of methoxy groups -OCH3 is 2. The fraction of sp³-hybridized carbons (Fsp3) is 0.304. The second kappa shape index (κ2) is 22.9. The molecule has 0 unspecified atom stereocenters. The van der Waals surface area contributed by atoms with Crippen molar-refractivity contribution < 1.29 is 52.0 Å². The summed E-state index contributed by atoms with van der Waals surface area (Å²) < 4.78 is 45.4. The van der Waals surface area contributed by atoms with Gasteiger partial charge in [-0.25, -0.2) is 14.8 Å². The summed E-state index contributed by atoms with van der Waals surface area (Å²) in [6.45, 7) is 5.78. The summed E-state index contributed by atoms with van der Waals surface area (Å²) in [5.41, 5.74) is 3.14. The molecule has 0 atom stereocenters. The van der Waals surface area contributed by atoms with Gasteiger partial charge >= 0.3 is 5.97 Å². The van der Waals surface area contributed by atoms with E-state index in [1.807, 2.05) is 48.5 Å². The van der Waals surface area contributed by atoms with E-state index < -0.39 is 12.6 Å². The van der Waals surface area contributed by atoms with Crippen LogP contribution in [0.4, 0.5) is 0 Å². The first-order chi connectivity index (χ1) is 32.8. The van der Waals surface area contributed by atoms with Crippen LogP contribution in [0.2, 0.25) is 0 Å². The van der Waals surface area contributed by atoms with Crippen molar-refractivity contribution >= 4 is 55.0 Å². The predicted molar refractivity (Wildman–Crippen MR) is 247 cm³/mol. The Hall–Kier alpha value is -7.04. The standard InChI is InChI=1S/C23H22N4O5S.C19H15N3O5S.C4H9NO/c1-29-17-3-2-4-18-22(17)24-20(33-18)13-19-25-26-23(32-19)15-5-7-16(8-6-15)31-14-21(28)27-9-11-30-12-10-27;1-25-13-3-2-4-14-18(13)20-16(28-14)9-15-21-22-19(27-15)11-5-7-12(8-6-11)26-10-17(23)24;1-3-6-4-2-5-1/h2-8H,9-14H2,1H3;2-8H,9-10H2,1H3,(H,23,24);5H,1-4H2. The molecule has 6 heterocycles. The van der Waals surface area contributed by atoms with Crippen LogP contribution >= 0.6 is 22.7 Å². The molecule has 4 aromatic heterocycles. The second-order valence-corrected chi connectivity index (χ2v) is 16.8. The number of carboxylic acid groups (broad SMARTS) is 1. The fourth-order valence-corrected chi connectivity index (χ4v) is 8.61. The summed E-state index contributed by atoms with van der Waals surface area (Å²) in [6.07, 6.45) is 0.871. The van der Waals surface area contributed by atoms with Crippen molar-refractivity contribution in [2.45, 2.75) is 12.8 Å². The molecule has 2 N–H and O–H groups in total. The SMILES string of the molecule is C1COCCN1.COc1cccc2sc(Cc3nnc(-c4ccc(OCC(=O)N5CCOCC5)cc4)o3)nc12.COc1cccc2sc(Cc3nnc(-c4ccc(OCC(=O)O)cc4)o3)nc12. The Labute approximate surface area is 391 Å². The molecule has 67 heavy (non-hydrogen) atoms. The molecule has 0 aliphatic carbocycles. The Balaban J connectivity index is 0.000000163. The number of rotatable bonds is 14. The Kier molecular flexibility index (Phi) is 15.9. The maximum atomic E-state index is 12.2. The fourth-order valence-electron chi connectivity index (χ4n) is 6.66. The zero-order valence-corrected chi connectivity index (χ0v) is 38.2. The third kappa shape index (κ3) is 12.7. The van der Waals surface area contributed by atoms with Crippen LogP contribution in [-0.4, -0.2) is 132 Å². The number of nitrogens with one attached hydrogen (secondary N) is 1. The molecule has 348 valence electrons. The number of hydrogen-bond acceptors (Lipinski definition) is 19. The van der Waals surface area contributed by atoms with Gasteiger partial charge in [0.1, 0.15) is 44.0 Å². The lowest BCUT2D eigenvalue weighted by Gasteiger charge is -2.26. The Bertz CT molecular complexity index is 2840. The highest BCUT2D eigenvalue weighted by molar-refractivity contribution is 7.19. The quantitative estimate of drug-likeness (QED) is 0.124. The molecular formula is C46H46N8O11S2. The van der Waals surface area contributed by atoms with Gasteiger partial charge in [0.15, 0.2) is 13.2 Å². The maximum absolute atomic E-state index is 12.2. The van der Waals surface area contributed by atoms with Gasteiger partial charge in [-0.2, -0.15) is 0 Å². The normalized spacial score (nSPS) is 13.6. The number of aromatic nitrogens is 6. The minimum Gasteiger partial charge on any atom is -0.494 e. The number of fused-ring (bicyclic) bond motifs is 2. The van der Waals surface area contributed by atoms with E-state index in [1.54, 1.807) is 78.2 Å². The van der Waals surface area contributed by atoms with E-state index in [-0.39, 0.29) is 12.5 Å². The highest BCUT2D eigenvalue weighted by Gasteiger charge is 2.19. The summed E-state index contributed by atoms with van der Waals surface area (Å²) in [6, 6.07) is 25.6. The van der Waals surface area contributed by atoms with Gasteiger partial charge in [-0.05, 0) is 72.8 Å². The van der Waals surface area contributed by atoms with Gasteiger partial charge in [0, 0.05) is 37.3 Å². The van der Waals surface area contributed by atoms with Crippen molar-refractivity contribution in [3.8, 4) is 45.9 Å². The first-order valence-electron chi connectivity index (χ1n) is 21.1. The average Bonchev–Trinajstić information content (AvgIpc) is 4.21. The molecule has 0 saturated carbocycles. The third-order valence-corrected chi connectivity index (χ3v) is 12.0. The molecule has 10 rings (SSSR count). The van der Waals surface area contributed by atoms with E-state index in [9.17, 15) is 9.59 Å². The number of carbonyl (C=O) groups excluding carboxylic acids is 1. The number of morpholine rings is 2. The van der Waals surface area contributed by atoms with Gasteiger partial charge < -0.3 is 52.6 Å². The molecule has 1 amide bonds. The van der Waals surface area contributed by atoms with Crippen LogP contribution in [0.5, 0.6) is 23.0 Å². The Morgan fingerprint density at radius 2 is 1.12 bits per heavy atom. The lowest BCUT2D eigenvalue weighted by molar-refractivity contribution is -0.139. The first-order valence-corrected chi connectivity index (χ1v) is 22.8. The van der Waals surface area contributed by atoms with Crippen LogP contribution in [0.1, 0.15) is 21.8 Å². The van der Waals surface area contributed by atoms with Gasteiger partial charge in [0.2, 0.25) is 23.6 Å². The number of hydrogen-bond donors (Lipinski definition) is 2. The molecular weight excluding hydrogens is 905 g/mol. The summed E-state index contributed by atoms with van der Waals surface area (Å²) >= 11 is 3.13. The number of carbonyl (C=O) groups is 2. The van der Waals surface area contributed by atoms with Gasteiger partial charge in [0.05, 0.1) is 62.9 Å². The number of benzene rings is 4. The summed E-state index contributed by atoms with van der Waals surface area (Å²) in [4.78, 5) is 33.8. The molecule has 2 aliphatic heterocycles. The smallest absolute Gasteiger partial charge is 0.341 e. The summed E-state index contributed by atoms with van der Waals surface area (Å²) in [7, 11) is 3.26. The number of amides is 1. The second-order valence-electron chi connectivity index (χ2n) is 14.6. The highest BCUT2D eigenvalue weighted by Crippen LogP contribution is 2.32. The number of para-hydroxylation sites is 2. The minimum absolute atomic E-state index is 0.00297. The third-order valence-electron chi connectivity index (χ3n) is 9.97. The molecule has 2 aliphatic rings. The lowest BCUT2D eigenvalue weighted by atomic mass is 10.2. The van der Waals surface area contributed by atoms with E-state index in [0.29, 0.717) is 79.8 Å². The van der Waals surface area contributed by atoms with Gasteiger partial charge in [-0.3, -0.25) is 4.79 Å². The summed E-state index contributed by atoms with van der Waals surface area (Å²) in [5, 5.41) is 30.0. The predicted octanol–water partition coefficient (Wildman–Crippen LogP) is 6.20. The van der Waals surface area contributed by atoms with E-state index >= 15 is 0 Å². The van der Waals surface area contributed by atoms with E-state index in [0.717, 1.165) is 73.8 Å². The molecule has 2 saturated heterocycles. The van der Waals surface area contributed by atoms with Crippen molar-refractivity contribution in [3.63, 3.8) is 0 Å². The first kappa shape index (κ1) is 46.5. The summed E-state index contributed by atoms with van der Waals surface area (Å²) in [5.74, 6) is 3.19. The average molecular weight is 951 g/mol. The largest absolute Gasteiger partial charge is 0.494 e. The van der Waals surface area contributed by atoms with Crippen molar-refractivity contribution in [1.29, 1.82) is 0 Å². The molecule has 8 aromatic rings. The van der Waals surface area contributed by atoms with Crippen LogP contribution in [0.3, 0.4) is 0 Å². The Morgan fingerprint density at radius 3 is 1.55 bits per heavy atom. The number of aliphatic carboxylic acids is 1. The lowest BCUT2D eigenvalue weighted by Crippen LogP contribution is -2.42. The van der Waals surface area contributed by atoms with Crippen LogP contribution in [-0.2, 0) is 31.9 Å². The van der Waals surface area contributed by atoms with Crippen molar-refractivity contribution in [3.05, 3.63) is 107 Å². The maximum Gasteiger partial charge on any atom is 0.341 e. The molecule has 19 nitrogen and oxygen atoms in total. The zero-order valence-electron chi connectivity index (χ0n) is 36.5. The van der Waals surface area contributed by atoms with Crippen molar-refractivity contribution in [1.82, 2.24) is 40.6 Å². The highest BCUT2D eigenvalue weighted by atomic mass is 32.1. The molecule has 0 spiro atoms. The molecule has 0 radical (unpaired) electrons. The number of thiazole rings is 2. The number of carboxylic acids is 1. The number of ether oxygens (including phenoxy) is 6. The monoisotopic (exact) mass is 950 g/mol. The van der Waals surface area contributed by atoms with E-state index in [1.165, 1.54) is 0 Å². The zero-order chi connectivity index (χ0) is 46.4. The molecule has 4 aromatic carbocycles. The van der Waals surface area contributed by atoms with E-state index in [4.69, 9.17) is 42.4 Å². The van der Waals surface area contributed by atoms with E-state index in [2.05, 4.69) is 35.7 Å². The molecule has 2 fully saturated rings. The number of nitrogens with zero attached hydrogens (tertiary/aromatic N) is 7. The topological polar surface area (TPSA) is 229 Å². The van der Waals surface area contributed by atoms with Gasteiger partial charge in [0.25, 0.3) is 5.91 Å². The molecule has 21 heteroatoms. The molecule has 0 bridgehead atoms. The van der Waals surface area contributed by atoms with Crippen LogP contribution in [0.25, 0.3) is 43.3 Å². The van der Waals surface area contributed by atoms with Gasteiger partial charge in [-0.1, -0.05) is 12.1 Å². The van der Waals surface area contributed by atoms with Crippen molar-refractivity contribution in [2.75, 3.05) is 80.0 Å². The van der Waals surface area contributed by atoms with Crippen molar-refractivity contribution in [2.24, 2.45) is 0 Å². The van der Waals surface area contributed by atoms with Crippen LogP contribution in [0.15, 0.2) is 93.8 Å². The minimum atomic E-state index is -1.03. The van der Waals surface area contributed by atoms with Gasteiger partial charge in [-0.15, -0.1) is 43.1 Å². The van der Waals surface area contributed by atoms with Crippen LogP contribution in [0, 0.1) is 0 Å². The Morgan fingerprint density at radius 1 is 0.642 bits per heavy atom. The van der Waals surface area contributed by atoms with Crippen LogP contribution < -0.4 is 24.3 Å².